The van der Waals surface area contributed by atoms with Crippen molar-refractivity contribution in [2.75, 3.05) is 0 Å². The number of carbonyl (C=O) groups excluding carboxylic acids is 2. The van der Waals surface area contributed by atoms with Crippen molar-refractivity contribution in [2.24, 2.45) is 0 Å². The summed E-state index contributed by atoms with van der Waals surface area (Å²) in [5.74, 6) is -0.844. The normalized spacial score (nSPS) is 11.1. The number of carbonyl (C=O) groups is 2. The summed E-state index contributed by atoms with van der Waals surface area (Å²) in [6.45, 7) is 2.93. The third kappa shape index (κ3) is 2.66. The van der Waals surface area contributed by atoms with Crippen LogP contribution in [0.1, 0.15) is 19.4 Å². The first-order valence-corrected chi connectivity index (χ1v) is 4.40. The Bertz CT molecular complexity index is 375. The van der Waals surface area contributed by atoms with Gasteiger partial charge in [0.2, 0.25) is 5.78 Å². The van der Waals surface area contributed by atoms with E-state index in [9.17, 15) is 9.59 Å². The third-order valence-corrected chi connectivity index (χ3v) is 1.86. The molecule has 0 spiro atoms. The highest BCUT2D eigenvalue weighted by molar-refractivity contribution is 6.43. The van der Waals surface area contributed by atoms with Crippen LogP contribution in [0, 0.1) is 0 Å². The predicted octanol–water partition coefficient (Wildman–Crippen LogP) is 2.25. The Morgan fingerprint density at radius 1 is 1.07 bits per heavy atom. The van der Waals surface area contributed by atoms with E-state index in [-0.39, 0.29) is 0 Å². The van der Waals surface area contributed by atoms with Gasteiger partial charge < -0.3 is 0 Å². The van der Waals surface area contributed by atoms with Gasteiger partial charge in [0, 0.05) is 12.5 Å². The average Bonchev–Trinajstić information content (AvgIpc) is 2.18. The molecule has 1 rings (SSSR count). The van der Waals surface area contributed by atoms with Crippen molar-refractivity contribution < 1.29 is 9.59 Å². The molecule has 0 saturated heterocycles. The highest BCUT2D eigenvalue weighted by Crippen LogP contribution is 2.06. The molecule has 0 aromatic heterocycles. The quantitative estimate of drug-likeness (QED) is 0.538. The van der Waals surface area contributed by atoms with E-state index in [1.165, 1.54) is 6.92 Å². The minimum Gasteiger partial charge on any atom is -0.291 e. The van der Waals surface area contributed by atoms with Crippen molar-refractivity contribution in [3.8, 4) is 0 Å². The average molecular weight is 188 g/mol. The van der Waals surface area contributed by atoms with Gasteiger partial charge in [-0.1, -0.05) is 30.3 Å². The molecule has 0 amide bonds. The van der Waals surface area contributed by atoms with E-state index in [4.69, 9.17) is 0 Å². The molecule has 0 heterocycles. The van der Waals surface area contributed by atoms with Crippen LogP contribution in [0.5, 0.6) is 0 Å². The second-order valence-electron chi connectivity index (χ2n) is 3.12. The van der Waals surface area contributed by atoms with Crippen LogP contribution >= 0.6 is 0 Å². The topological polar surface area (TPSA) is 34.1 Å². The number of rotatable bonds is 3. The van der Waals surface area contributed by atoms with Gasteiger partial charge in [-0.05, 0) is 18.6 Å². The fourth-order valence-corrected chi connectivity index (χ4v) is 1.14. The Hall–Kier alpha value is -1.70. The summed E-state index contributed by atoms with van der Waals surface area (Å²) in [4.78, 5) is 22.0. The van der Waals surface area contributed by atoms with E-state index < -0.39 is 11.6 Å². The molecule has 0 fully saturated rings. The molecule has 1 aromatic carbocycles. The van der Waals surface area contributed by atoms with Crippen molar-refractivity contribution in [2.45, 2.75) is 13.8 Å². The van der Waals surface area contributed by atoms with E-state index in [0.29, 0.717) is 5.57 Å². The molecule has 0 radical (unpaired) electrons. The lowest BCUT2D eigenvalue weighted by molar-refractivity contribution is -0.133. The molecular formula is C12H12O2. The third-order valence-electron chi connectivity index (χ3n) is 1.86. The smallest absolute Gasteiger partial charge is 0.223 e. The number of Topliss-reactive ketones (excluding diaryl/α,β-unsaturated/α-hetero) is 2. The van der Waals surface area contributed by atoms with Gasteiger partial charge in [0.15, 0.2) is 5.78 Å². The lowest BCUT2D eigenvalue weighted by Gasteiger charge is -1.96. The van der Waals surface area contributed by atoms with Crippen molar-refractivity contribution >= 4 is 17.6 Å². The summed E-state index contributed by atoms with van der Waals surface area (Å²) in [5, 5.41) is 0. The zero-order valence-corrected chi connectivity index (χ0v) is 8.28. The highest BCUT2D eigenvalue weighted by Gasteiger charge is 2.09. The molecular weight excluding hydrogens is 176 g/mol. The standard InChI is InChI=1S/C12H12O2/c1-9(12(14)10(2)13)8-11-6-4-3-5-7-11/h3-8H,1-2H3/b9-8+. The first kappa shape index (κ1) is 10.4. The molecule has 2 nitrogen and oxygen atoms in total. The monoisotopic (exact) mass is 188 g/mol. The van der Waals surface area contributed by atoms with E-state index in [1.54, 1.807) is 13.0 Å². The summed E-state index contributed by atoms with van der Waals surface area (Å²) < 4.78 is 0. The van der Waals surface area contributed by atoms with Gasteiger partial charge in [0.1, 0.15) is 0 Å². The molecule has 0 aliphatic carbocycles. The van der Waals surface area contributed by atoms with E-state index in [1.807, 2.05) is 30.3 Å². The Morgan fingerprint density at radius 3 is 2.14 bits per heavy atom. The minimum absolute atomic E-state index is 0.422. The lowest BCUT2D eigenvalue weighted by atomic mass is 10.1. The van der Waals surface area contributed by atoms with Gasteiger partial charge in [0.05, 0.1) is 0 Å². The number of ketones is 2. The predicted molar refractivity (Wildman–Crippen MR) is 55.8 cm³/mol. The first-order valence-electron chi connectivity index (χ1n) is 4.40. The van der Waals surface area contributed by atoms with Gasteiger partial charge >= 0.3 is 0 Å². The number of hydrogen-bond acceptors (Lipinski definition) is 2. The molecule has 72 valence electrons. The second kappa shape index (κ2) is 4.51. The van der Waals surface area contributed by atoms with Crippen LogP contribution in [0.15, 0.2) is 35.9 Å². The molecule has 0 aliphatic rings. The van der Waals surface area contributed by atoms with Crippen LogP contribution in [0.4, 0.5) is 0 Å². The molecule has 0 N–H and O–H groups in total. The van der Waals surface area contributed by atoms with Crippen LogP contribution in [0.2, 0.25) is 0 Å². The molecule has 0 aliphatic heterocycles. The molecule has 14 heavy (non-hydrogen) atoms. The Kier molecular flexibility index (Phi) is 3.35. The molecule has 0 unspecified atom stereocenters. The molecule has 0 bridgehead atoms. The number of hydrogen-bond donors (Lipinski definition) is 0. The summed E-state index contributed by atoms with van der Waals surface area (Å²) in [6.07, 6.45) is 1.71. The summed E-state index contributed by atoms with van der Waals surface area (Å²) in [7, 11) is 0. The minimum atomic E-state index is -0.422. The fraction of sp³-hybridized carbons (Fsp3) is 0.167. The Morgan fingerprint density at radius 2 is 1.64 bits per heavy atom. The molecule has 1 aromatic rings. The number of benzene rings is 1. The molecule has 0 atom stereocenters. The van der Waals surface area contributed by atoms with Gasteiger partial charge in [-0.3, -0.25) is 9.59 Å². The van der Waals surface area contributed by atoms with Crippen LogP contribution in [0.25, 0.3) is 6.08 Å². The first-order chi connectivity index (χ1) is 6.61. The Labute approximate surface area is 83.3 Å². The largest absolute Gasteiger partial charge is 0.291 e. The van der Waals surface area contributed by atoms with Crippen LogP contribution in [-0.4, -0.2) is 11.6 Å². The second-order valence-corrected chi connectivity index (χ2v) is 3.12. The zero-order chi connectivity index (χ0) is 10.6. The summed E-state index contributed by atoms with van der Waals surface area (Å²) >= 11 is 0. The number of allylic oxidation sites excluding steroid dienone is 1. The maximum Gasteiger partial charge on any atom is 0.223 e. The van der Waals surface area contributed by atoms with Gasteiger partial charge in [-0.25, -0.2) is 0 Å². The van der Waals surface area contributed by atoms with Crippen molar-refractivity contribution in [3.63, 3.8) is 0 Å². The maximum absolute atomic E-state index is 11.2. The Balaban J connectivity index is 2.90. The van der Waals surface area contributed by atoms with E-state index in [0.717, 1.165) is 5.56 Å². The summed E-state index contributed by atoms with van der Waals surface area (Å²) in [5.41, 5.74) is 1.41. The van der Waals surface area contributed by atoms with Crippen LogP contribution in [0.3, 0.4) is 0 Å². The fourth-order valence-electron chi connectivity index (χ4n) is 1.14. The molecule has 0 saturated carbocycles. The van der Waals surface area contributed by atoms with Crippen LogP contribution in [-0.2, 0) is 9.59 Å². The van der Waals surface area contributed by atoms with Crippen molar-refractivity contribution in [3.05, 3.63) is 41.5 Å². The van der Waals surface area contributed by atoms with Gasteiger partial charge in [-0.15, -0.1) is 0 Å². The highest BCUT2D eigenvalue weighted by atomic mass is 16.2. The van der Waals surface area contributed by atoms with Gasteiger partial charge in [-0.2, -0.15) is 0 Å². The van der Waals surface area contributed by atoms with Crippen molar-refractivity contribution in [1.29, 1.82) is 0 Å². The maximum atomic E-state index is 11.2. The molecule has 2 heteroatoms. The van der Waals surface area contributed by atoms with Gasteiger partial charge in [0.25, 0.3) is 0 Å². The van der Waals surface area contributed by atoms with Crippen molar-refractivity contribution in [1.82, 2.24) is 0 Å². The van der Waals surface area contributed by atoms with Crippen LogP contribution < -0.4 is 0 Å². The lowest BCUT2D eigenvalue weighted by Crippen LogP contribution is -2.09. The zero-order valence-electron chi connectivity index (χ0n) is 8.28. The SMILES string of the molecule is CC(=O)C(=O)/C(C)=C/c1ccccc1. The van der Waals surface area contributed by atoms with E-state index >= 15 is 0 Å². The summed E-state index contributed by atoms with van der Waals surface area (Å²) in [6, 6.07) is 9.45. The van der Waals surface area contributed by atoms with E-state index in [2.05, 4.69) is 0 Å².